The third-order valence-electron chi connectivity index (χ3n) is 3.41. The van der Waals surface area contributed by atoms with Crippen LogP contribution in [0.25, 0.3) is 0 Å². The van der Waals surface area contributed by atoms with Crippen molar-refractivity contribution in [2.75, 3.05) is 18.7 Å². The average molecular weight is 289 g/mol. The van der Waals surface area contributed by atoms with Crippen LogP contribution in [0.2, 0.25) is 0 Å². The molecule has 6 heteroatoms. The van der Waals surface area contributed by atoms with Crippen molar-refractivity contribution < 1.29 is 14.3 Å². The third-order valence-corrected chi connectivity index (χ3v) is 5.66. The zero-order valence-corrected chi connectivity index (χ0v) is 12.2. The second kappa shape index (κ2) is 6.70. The highest BCUT2D eigenvalue weighted by Gasteiger charge is 2.36. The van der Waals surface area contributed by atoms with Crippen LogP contribution in [0.5, 0.6) is 0 Å². The summed E-state index contributed by atoms with van der Waals surface area (Å²) in [5, 5.41) is 0.484. The molecule has 1 saturated heterocycles. The molecule has 1 aliphatic carbocycles. The summed E-state index contributed by atoms with van der Waals surface area (Å²) in [5.74, 6) is 0.972. The third kappa shape index (κ3) is 3.35. The molecule has 0 radical (unpaired) electrons. The SMILES string of the molecule is COC(=O)[C@@H]1CSCN1C(=O)SC1CCCCC1. The Hall–Kier alpha value is -0.360. The highest BCUT2D eigenvalue weighted by atomic mass is 32.2. The van der Waals surface area contributed by atoms with Gasteiger partial charge >= 0.3 is 5.97 Å². The van der Waals surface area contributed by atoms with Gasteiger partial charge in [0.2, 0.25) is 0 Å². The maximum atomic E-state index is 12.2. The smallest absolute Gasteiger partial charge is 0.329 e. The van der Waals surface area contributed by atoms with E-state index in [4.69, 9.17) is 4.74 Å². The molecule has 0 unspecified atom stereocenters. The van der Waals surface area contributed by atoms with Gasteiger partial charge in [-0.25, -0.2) is 4.79 Å². The molecule has 0 aromatic carbocycles. The van der Waals surface area contributed by atoms with E-state index < -0.39 is 0 Å². The van der Waals surface area contributed by atoms with Crippen molar-refractivity contribution in [3.8, 4) is 0 Å². The van der Waals surface area contributed by atoms with Gasteiger partial charge in [-0.1, -0.05) is 31.0 Å². The van der Waals surface area contributed by atoms with Gasteiger partial charge in [-0.3, -0.25) is 4.79 Å². The molecular formula is C12H19NO3S2. The van der Waals surface area contributed by atoms with Gasteiger partial charge in [0.25, 0.3) is 5.24 Å². The van der Waals surface area contributed by atoms with Crippen molar-refractivity contribution in [3.05, 3.63) is 0 Å². The number of esters is 1. The molecule has 0 bridgehead atoms. The predicted molar refractivity (Wildman–Crippen MR) is 74.8 cm³/mol. The van der Waals surface area contributed by atoms with Gasteiger partial charge in [0, 0.05) is 11.0 Å². The van der Waals surface area contributed by atoms with Crippen LogP contribution in [0.1, 0.15) is 32.1 Å². The Morgan fingerprint density at radius 1 is 1.28 bits per heavy atom. The van der Waals surface area contributed by atoms with Crippen molar-refractivity contribution >= 4 is 34.7 Å². The number of methoxy groups -OCH3 is 1. The molecule has 2 aliphatic rings. The second-order valence-electron chi connectivity index (χ2n) is 4.65. The Morgan fingerprint density at radius 3 is 2.67 bits per heavy atom. The number of thioether (sulfide) groups is 2. The Labute approximate surface area is 116 Å². The maximum absolute atomic E-state index is 12.2. The Bertz CT molecular complexity index is 318. The van der Waals surface area contributed by atoms with Gasteiger partial charge in [0.1, 0.15) is 6.04 Å². The van der Waals surface area contributed by atoms with E-state index in [1.807, 2.05) is 0 Å². The Kier molecular flexibility index (Phi) is 5.24. The van der Waals surface area contributed by atoms with E-state index in [9.17, 15) is 9.59 Å². The van der Waals surface area contributed by atoms with E-state index in [0.717, 1.165) is 12.8 Å². The van der Waals surface area contributed by atoms with Crippen molar-refractivity contribution in [1.82, 2.24) is 4.90 Å². The van der Waals surface area contributed by atoms with Crippen molar-refractivity contribution in [2.45, 2.75) is 43.4 Å². The monoisotopic (exact) mass is 289 g/mol. The molecule has 0 aromatic heterocycles. The summed E-state index contributed by atoms with van der Waals surface area (Å²) in [6, 6.07) is -0.386. The summed E-state index contributed by atoms with van der Waals surface area (Å²) in [6.07, 6.45) is 5.98. The summed E-state index contributed by atoms with van der Waals surface area (Å²) in [6.45, 7) is 0. The number of ether oxygens (including phenoxy) is 1. The number of carbonyl (C=O) groups excluding carboxylic acids is 2. The minimum atomic E-state index is -0.386. The normalized spacial score (nSPS) is 25.2. The van der Waals surface area contributed by atoms with Crippen LogP contribution in [0.15, 0.2) is 0 Å². The molecule has 18 heavy (non-hydrogen) atoms. The summed E-state index contributed by atoms with van der Waals surface area (Å²) in [4.78, 5) is 25.5. The first-order valence-corrected chi connectivity index (χ1v) is 8.38. The van der Waals surface area contributed by atoms with Crippen molar-refractivity contribution in [1.29, 1.82) is 0 Å². The van der Waals surface area contributed by atoms with Gasteiger partial charge in [-0.05, 0) is 12.8 Å². The van der Waals surface area contributed by atoms with Crippen molar-refractivity contribution in [3.63, 3.8) is 0 Å². The van der Waals surface area contributed by atoms with E-state index in [1.165, 1.54) is 38.1 Å². The van der Waals surface area contributed by atoms with Crippen LogP contribution < -0.4 is 0 Å². The first-order valence-electron chi connectivity index (χ1n) is 6.35. The minimum Gasteiger partial charge on any atom is -0.467 e. The highest BCUT2D eigenvalue weighted by Crippen LogP contribution is 2.33. The Morgan fingerprint density at radius 2 is 2.00 bits per heavy atom. The molecule has 2 rings (SSSR count). The number of nitrogens with zero attached hydrogens (tertiary/aromatic N) is 1. The molecule has 0 N–H and O–H groups in total. The van der Waals surface area contributed by atoms with Crippen LogP contribution >= 0.6 is 23.5 Å². The Balaban J connectivity index is 1.89. The lowest BCUT2D eigenvalue weighted by Crippen LogP contribution is -2.41. The predicted octanol–water partition coefficient (Wildman–Crippen LogP) is 2.72. The molecule has 2 fully saturated rings. The van der Waals surface area contributed by atoms with Crippen LogP contribution in [0.4, 0.5) is 4.79 Å². The van der Waals surface area contributed by atoms with Gasteiger partial charge < -0.3 is 9.64 Å². The van der Waals surface area contributed by atoms with Crippen LogP contribution in [0, 0.1) is 0 Å². The molecule has 102 valence electrons. The number of amides is 1. The summed E-state index contributed by atoms with van der Waals surface area (Å²) < 4.78 is 4.75. The molecule has 1 saturated carbocycles. The van der Waals surface area contributed by atoms with E-state index in [-0.39, 0.29) is 17.3 Å². The van der Waals surface area contributed by atoms with Crippen LogP contribution in [-0.2, 0) is 9.53 Å². The number of rotatable bonds is 2. The number of hydrogen-bond acceptors (Lipinski definition) is 5. The van der Waals surface area contributed by atoms with Gasteiger partial charge in [-0.2, -0.15) is 0 Å². The maximum Gasteiger partial charge on any atom is 0.329 e. The average Bonchev–Trinajstić information content (AvgIpc) is 2.88. The second-order valence-corrected chi connectivity index (χ2v) is 6.90. The van der Waals surface area contributed by atoms with Crippen molar-refractivity contribution in [2.24, 2.45) is 0 Å². The molecule has 0 spiro atoms. The zero-order valence-electron chi connectivity index (χ0n) is 10.6. The summed E-state index contributed by atoms with van der Waals surface area (Å²) in [7, 11) is 1.38. The minimum absolute atomic E-state index is 0.0438. The zero-order chi connectivity index (χ0) is 13.0. The molecule has 1 aliphatic heterocycles. The fourth-order valence-electron chi connectivity index (χ4n) is 2.35. The largest absolute Gasteiger partial charge is 0.467 e. The molecule has 0 aromatic rings. The fourth-order valence-corrected chi connectivity index (χ4v) is 4.75. The van der Waals surface area contributed by atoms with Gasteiger partial charge in [0.15, 0.2) is 0 Å². The summed E-state index contributed by atoms with van der Waals surface area (Å²) in [5.41, 5.74) is 0. The fraction of sp³-hybridized carbons (Fsp3) is 0.833. The number of hydrogen-bond donors (Lipinski definition) is 0. The van der Waals surface area contributed by atoms with Crippen LogP contribution in [-0.4, -0.2) is 46.1 Å². The van der Waals surface area contributed by atoms with E-state index in [2.05, 4.69) is 0 Å². The first-order chi connectivity index (χ1) is 8.72. The topological polar surface area (TPSA) is 46.6 Å². The standard InChI is InChI=1S/C12H19NO3S2/c1-16-11(14)10-7-17-8-13(10)12(15)18-9-5-3-2-4-6-9/h9-10H,2-8H2,1H3/t10-/m0/s1. The molecule has 4 nitrogen and oxygen atoms in total. The van der Waals surface area contributed by atoms with E-state index >= 15 is 0 Å². The lowest BCUT2D eigenvalue weighted by molar-refractivity contribution is -0.144. The van der Waals surface area contributed by atoms with E-state index in [0.29, 0.717) is 16.9 Å². The van der Waals surface area contributed by atoms with Gasteiger partial charge in [0.05, 0.1) is 13.0 Å². The molecule has 1 heterocycles. The lowest BCUT2D eigenvalue weighted by atomic mass is 10.0. The molecule has 1 atom stereocenters. The number of carbonyl (C=O) groups is 2. The van der Waals surface area contributed by atoms with E-state index in [1.54, 1.807) is 16.7 Å². The van der Waals surface area contributed by atoms with Crippen LogP contribution in [0.3, 0.4) is 0 Å². The summed E-state index contributed by atoms with van der Waals surface area (Å²) >= 11 is 3.03. The quantitative estimate of drug-likeness (QED) is 0.731. The first kappa shape index (κ1) is 14.1. The lowest BCUT2D eigenvalue weighted by Gasteiger charge is -2.25. The highest BCUT2D eigenvalue weighted by molar-refractivity contribution is 8.14. The molecular weight excluding hydrogens is 270 g/mol. The van der Waals surface area contributed by atoms with Gasteiger partial charge in [-0.15, -0.1) is 11.8 Å². The molecule has 1 amide bonds.